The van der Waals surface area contributed by atoms with Crippen molar-refractivity contribution >= 4 is 15.7 Å². The predicted molar refractivity (Wildman–Crippen MR) is 71.7 cm³/mol. The standard InChI is InChI=1S/C12H16N2O5S/c15-9-11-3-1-2-8-13(11)20(18,19)12-6-4-10(5-7-12)14(16)17/h4-7,11,15H,1-3,8-9H2. The molecule has 20 heavy (non-hydrogen) atoms. The van der Waals surface area contributed by atoms with Crippen LogP contribution in [0.15, 0.2) is 29.2 Å². The summed E-state index contributed by atoms with van der Waals surface area (Å²) in [5.41, 5.74) is -0.152. The van der Waals surface area contributed by atoms with Crippen molar-refractivity contribution in [3.05, 3.63) is 34.4 Å². The zero-order chi connectivity index (χ0) is 14.8. The van der Waals surface area contributed by atoms with Crippen LogP contribution in [0.3, 0.4) is 0 Å². The summed E-state index contributed by atoms with van der Waals surface area (Å²) in [7, 11) is -3.72. The first kappa shape index (κ1) is 14.9. The molecule has 0 saturated carbocycles. The van der Waals surface area contributed by atoms with Crippen molar-refractivity contribution in [1.82, 2.24) is 4.31 Å². The zero-order valence-electron chi connectivity index (χ0n) is 10.8. The third kappa shape index (κ3) is 2.82. The van der Waals surface area contributed by atoms with Crippen molar-refractivity contribution in [1.29, 1.82) is 0 Å². The van der Waals surface area contributed by atoms with Gasteiger partial charge in [0.25, 0.3) is 5.69 Å². The molecule has 1 heterocycles. The van der Waals surface area contributed by atoms with Crippen LogP contribution in [0.5, 0.6) is 0 Å². The summed E-state index contributed by atoms with van der Waals surface area (Å²) in [5, 5.41) is 19.9. The monoisotopic (exact) mass is 300 g/mol. The highest BCUT2D eigenvalue weighted by Gasteiger charge is 2.33. The van der Waals surface area contributed by atoms with E-state index in [2.05, 4.69) is 0 Å². The van der Waals surface area contributed by atoms with E-state index in [1.54, 1.807) is 0 Å². The Balaban J connectivity index is 2.31. The number of sulfonamides is 1. The van der Waals surface area contributed by atoms with Gasteiger partial charge < -0.3 is 5.11 Å². The highest BCUT2D eigenvalue weighted by Crippen LogP contribution is 2.26. The molecule has 1 atom stereocenters. The number of hydrogen-bond donors (Lipinski definition) is 1. The summed E-state index contributed by atoms with van der Waals surface area (Å²) in [5.74, 6) is 0. The molecular formula is C12H16N2O5S. The van der Waals surface area contributed by atoms with Gasteiger partial charge in [0.15, 0.2) is 0 Å². The van der Waals surface area contributed by atoms with E-state index in [0.717, 1.165) is 12.8 Å². The predicted octanol–water partition coefficient (Wildman–Crippen LogP) is 1.13. The molecule has 0 radical (unpaired) electrons. The summed E-state index contributed by atoms with van der Waals surface area (Å²) in [6, 6.07) is 4.40. The van der Waals surface area contributed by atoms with Crippen LogP contribution in [0.25, 0.3) is 0 Å². The maximum atomic E-state index is 12.5. The van der Waals surface area contributed by atoms with Crippen LogP contribution >= 0.6 is 0 Å². The first-order chi connectivity index (χ1) is 9.46. The lowest BCUT2D eigenvalue weighted by atomic mass is 10.1. The van der Waals surface area contributed by atoms with Crippen molar-refractivity contribution in [3.63, 3.8) is 0 Å². The SMILES string of the molecule is O=[N+]([O-])c1ccc(S(=O)(=O)N2CCCCC2CO)cc1. The molecule has 1 aliphatic rings. The molecule has 0 spiro atoms. The van der Waals surface area contributed by atoms with Crippen molar-refractivity contribution < 1.29 is 18.4 Å². The van der Waals surface area contributed by atoms with Crippen LogP contribution in [0, 0.1) is 10.1 Å². The maximum absolute atomic E-state index is 12.5. The van der Waals surface area contributed by atoms with Gasteiger partial charge in [0, 0.05) is 24.7 Å². The Hall–Kier alpha value is -1.51. The topological polar surface area (TPSA) is 101 Å². The van der Waals surface area contributed by atoms with Gasteiger partial charge in [-0.1, -0.05) is 6.42 Å². The van der Waals surface area contributed by atoms with Crippen LogP contribution < -0.4 is 0 Å². The quantitative estimate of drug-likeness (QED) is 0.663. The minimum absolute atomic E-state index is 0.0171. The zero-order valence-corrected chi connectivity index (χ0v) is 11.6. The average Bonchev–Trinajstić information content (AvgIpc) is 2.47. The van der Waals surface area contributed by atoms with Crippen LogP contribution in [0.4, 0.5) is 5.69 Å². The fourth-order valence-electron chi connectivity index (χ4n) is 2.35. The minimum Gasteiger partial charge on any atom is -0.395 e. The summed E-state index contributed by atoms with van der Waals surface area (Å²) in [6.45, 7) is 0.150. The van der Waals surface area contributed by atoms with E-state index in [9.17, 15) is 23.6 Å². The number of non-ortho nitro benzene ring substituents is 1. The van der Waals surface area contributed by atoms with Crippen LogP contribution in [-0.2, 0) is 10.0 Å². The first-order valence-corrected chi connectivity index (χ1v) is 7.78. The lowest BCUT2D eigenvalue weighted by Crippen LogP contribution is -2.45. The molecule has 1 saturated heterocycles. The molecule has 1 aromatic rings. The molecule has 1 unspecified atom stereocenters. The molecule has 8 heteroatoms. The minimum atomic E-state index is -3.72. The lowest BCUT2D eigenvalue weighted by Gasteiger charge is -2.33. The fraction of sp³-hybridized carbons (Fsp3) is 0.500. The van der Waals surface area contributed by atoms with Crippen molar-refractivity contribution in [2.24, 2.45) is 0 Å². The van der Waals surface area contributed by atoms with E-state index in [1.165, 1.54) is 28.6 Å². The molecule has 1 aliphatic heterocycles. The summed E-state index contributed by atoms with van der Waals surface area (Å²) < 4.78 is 26.3. The highest BCUT2D eigenvalue weighted by molar-refractivity contribution is 7.89. The second kappa shape index (κ2) is 5.86. The molecule has 0 amide bonds. The van der Waals surface area contributed by atoms with Gasteiger partial charge in [-0.25, -0.2) is 8.42 Å². The van der Waals surface area contributed by atoms with Gasteiger partial charge in [0.2, 0.25) is 10.0 Å². The molecule has 1 fully saturated rings. The second-order valence-corrected chi connectivity index (χ2v) is 6.59. The van der Waals surface area contributed by atoms with Crippen LogP contribution in [-0.4, -0.2) is 41.9 Å². The molecule has 1 N–H and O–H groups in total. The Morgan fingerprint density at radius 3 is 2.50 bits per heavy atom. The Morgan fingerprint density at radius 2 is 1.95 bits per heavy atom. The van der Waals surface area contributed by atoms with Gasteiger partial charge in [0.05, 0.1) is 16.4 Å². The van der Waals surface area contributed by atoms with E-state index in [4.69, 9.17) is 0 Å². The first-order valence-electron chi connectivity index (χ1n) is 6.34. The van der Waals surface area contributed by atoms with E-state index in [-0.39, 0.29) is 17.2 Å². The molecule has 1 aromatic carbocycles. The number of nitrogens with zero attached hydrogens (tertiary/aromatic N) is 2. The van der Waals surface area contributed by atoms with E-state index in [0.29, 0.717) is 13.0 Å². The molecule has 110 valence electrons. The molecule has 0 aliphatic carbocycles. The number of piperidine rings is 1. The summed E-state index contributed by atoms with van der Waals surface area (Å²) in [6.07, 6.45) is 2.27. The van der Waals surface area contributed by atoms with E-state index < -0.39 is 21.0 Å². The number of aliphatic hydroxyl groups is 1. The van der Waals surface area contributed by atoms with Crippen LogP contribution in [0.1, 0.15) is 19.3 Å². The summed E-state index contributed by atoms with van der Waals surface area (Å²) in [4.78, 5) is 10.0. The number of nitro groups is 1. The van der Waals surface area contributed by atoms with Gasteiger partial charge in [-0.15, -0.1) is 0 Å². The van der Waals surface area contributed by atoms with Crippen molar-refractivity contribution in [3.8, 4) is 0 Å². The second-order valence-electron chi connectivity index (χ2n) is 4.70. The Labute approximate surface area is 117 Å². The number of hydrogen-bond acceptors (Lipinski definition) is 5. The largest absolute Gasteiger partial charge is 0.395 e. The maximum Gasteiger partial charge on any atom is 0.269 e. The Kier molecular flexibility index (Phi) is 4.36. The number of nitro benzene ring substituents is 1. The Bertz CT molecular complexity index is 584. The smallest absolute Gasteiger partial charge is 0.269 e. The molecule has 7 nitrogen and oxygen atoms in total. The summed E-state index contributed by atoms with van der Waals surface area (Å²) >= 11 is 0. The normalized spacial score (nSPS) is 20.8. The number of benzene rings is 1. The van der Waals surface area contributed by atoms with Gasteiger partial charge in [-0.3, -0.25) is 10.1 Å². The number of rotatable bonds is 4. The van der Waals surface area contributed by atoms with Crippen molar-refractivity contribution in [2.45, 2.75) is 30.2 Å². The van der Waals surface area contributed by atoms with Crippen molar-refractivity contribution in [2.75, 3.05) is 13.2 Å². The van der Waals surface area contributed by atoms with Gasteiger partial charge in [0.1, 0.15) is 0 Å². The van der Waals surface area contributed by atoms with Gasteiger partial charge in [-0.05, 0) is 25.0 Å². The van der Waals surface area contributed by atoms with E-state index >= 15 is 0 Å². The van der Waals surface area contributed by atoms with Gasteiger partial charge in [-0.2, -0.15) is 4.31 Å². The highest BCUT2D eigenvalue weighted by atomic mass is 32.2. The Morgan fingerprint density at radius 1 is 1.30 bits per heavy atom. The third-order valence-corrected chi connectivity index (χ3v) is 5.40. The van der Waals surface area contributed by atoms with E-state index in [1.807, 2.05) is 0 Å². The number of aliphatic hydroxyl groups excluding tert-OH is 1. The molecule has 0 aromatic heterocycles. The fourth-order valence-corrected chi connectivity index (χ4v) is 4.03. The lowest BCUT2D eigenvalue weighted by molar-refractivity contribution is -0.384. The van der Waals surface area contributed by atoms with Gasteiger partial charge >= 0.3 is 0 Å². The molecule has 2 rings (SSSR count). The molecule has 0 bridgehead atoms. The molecular weight excluding hydrogens is 284 g/mol. The van der Waals surface area contributed by atoms with Crippen LogP contribution in [0.2, 0.25) is 0 Å². The average molecular weight is 300 g/mol. The third-order valence-electron chi connectivity index (χ3n) is 3.44.